The number of ether oxygens (including phenoxy) is 1. The number of aromatic nitrogens is 2. The van der Waals surface area contributed by atoms with Crippen molar-refractivity contribution in [2.45, 2.75) is 50.7 Å². The smallest absolute Gasteiger partial charge is 0.229 e. The van der Waals surface area contributed by atoms with Crippen molar-refractivity contribution >= 4 is 0 Å². The van der Waals surface area contributed by atoms with Gasteiger partial charge in [-0.05, 0) is 55.4 Å². The van der Waals surface area contributed by atoms with Gasteiger partial charge in [-0.3, -0.25) is 0 Å². The van der Waals surface area contributed by atoms with Crippen LogP contribution in [-0.4, -0.2) is 15.2 Å². The molecule has 0 saturated heterocycles. The molecule has 2 aliphatic rings. The van der Waals surface area contributed by atoms with Crippen LogP contribution in [0.15, 0.2) is 22.7 Å². The average molecular weight is 286 g/mol. The minimum atomic E-state index is -0.371. The maximum Gasteiger partial charge on any atom is 0.229 e. The molecular formula is C16H18N2O3. The van der Waals surface area contributed by atoms with Crippen LogP contribution in [0.1, 0.15) is 60.5 Å². The van der Waals surface area contributed by atoms with E-state index in [2.05, 4.69) is 10.1 Å². The van der Waals surface area contributed by atoms with Gasteiger partial charge in [0.1, 0.15) is 5.75 Å². The number of fused-ring (bicyclic) bond motifs is 1. The first-order chi connectivity index (χ1) is 10.3. The first kappa shape index (κ1) is 12.8. The fourth-order valence-corrected chi connectivity index (χ4v) is 2.81. The SMILES string of the molecule is O[C@H]1CCCc2ccc(OCc3noc(C4CC4)n3)cc21. The van der Waals surface area contributed by atoms with Gasteiger partial charge < -0.3 is 14.4 Å². The number of rotatable bonds is 4. The molecule has 5 heteroatoms. The lowest BCUT2D eigenvalue weighted by molar-refractivity contribution is 0.156. The highest BCUT2D eigenvalue weighted by Crippen LogP contribution is 2.39. The van der Waals surface area contributed by atoms with E-state index >= 15 is 0 Å². The van der Waals surface area contributed by atoms with Crippen LogP contribution in [-0.2, 0) is 13.0 Å². The number of nitrogens with zero attached hydrogens (tertiary/aromatic N) is 2. The topological polar surface area (TPSA) is 68.4 Å². The second-order valence-corrected chi connectivity index (χ2v) is 5.88. The number of benzene rings is 1. The molecule has 1 fully saturated rings. The highest BCUT2D eigenvalue weighted by molar-refractivity contribution is 5.38. The summed E-state index contributed by atoms with van der Waals surface area (Å²) in [5.41, 5.74) is 2.21. The quantitative estimate of drug-likeness (QED) is 0.936. The molecule has 1 aromatic heterocycles. The van der Waals surface area contributed by atoms with Gasteiger partial charge in [0, 0.05) is 5.92 Å². The molecule has 1 heterocycles. The predicted octanol–water partition coefficient (Wildman–Crippen LogP) is 2.90. The van der Waals surface area contributed by atoms with Crippen LogP contribution in [0.25, 0.3) is 0 Å². The molecule has 0 unspecified atom stereocenters. The molecule has 5 nitrogen and oxygen atoms in total. The lowest BCUT2D eigenvalue weighted by Crippen LogP contribution is -2.09. The minimum Gasteiger partial charge on any atom is -0.485 e. The molecule has 1 aromatic carbocycles. The van der Waals surface area contributed by atoms with Crippen molar-refractivity contribution in [1.82, 2.24) is 10.1 Å². The van der Waals surface area contributed by atoms with Crippen LogP contribution < -0.4 is 4.74 Å². The summed E-state index contributed by atoms with van der Waals surface area (Å²) in [6, 6.07) is 5.92. The zero-order valence-electron chi connectivity index (χ0n) is 11.8. The molecule has 110 valence electrons. The van der Waals surface area contributed by atoms with Crippen LogP contribution in [0, 0.1) is 0 Å². The van der Waals surface area contributed by atoms with Crippen LogP contribution in [0.4, 0.5) is 0 Å². The number of aliphatic hydroxyl groups excluding tert-OH is 1. The molecule has 0 aliphatic heterocycles. The largest absolute Gasteiger partial charge is 0.485 e. The van der Waals surface area contributed by atoms with E-state index in [1.807, 2.05) is 18.2 Å². The maximum atomic E-state index is 10.0. The normalized spacial score (nSPS) is 21.1. The van der Waals surface area contributed by atoms with Crippen LogP contribution >= 0.6 is 0 Å². The second kappa shape index (κ2) is 5.15. The molecule has 1 saturated carbocycles. The van der Waals surface area contributed by atoms with Gasteiger partial charge in [-0.2, -0.15) is 4.98 Å². The van der Waals surface area contributed by atoms with E-state index < -0.39 is 0 Å². The van der Waals surface area contributed by atoms with E-state index in [4.69, 9.17) is 9.26 Å². The molecule has 0 amide bonds. The van der Waals surface area contributed by atoms with Crippen molar-refractivity contribution in [3.8, 4) is 5.75 Å². The Morgan fingerprint density at radius 1 is 1.29 bits per heavy atom. The zero-order chi connectivity index (χ0) is 14.2. The third kappa shape index (κ3) is 2.65. The van der Waals surface area contributed by atoms with Crippen molar-refractivity contribution in [1.29, 1.82) is 0 Å². The molecule has 0 spiro atoms. The molecular weight excluding hydrogens is 268 g/mol. The number of hydrogen-bond acceptors (Lipinski definition) is 5. The zero-order valence-corrected chi connectivity index (χ0v) is 11.8. The predicted molar refractivity (Wildman–Crippen MR) is 74.9 cm³/mol. The molecule has 1 N–H and O–H groups in total. The highest BCUT2D eigenvalue weighted by atomic mass is 16.5. The van der Waals surface area contributed by atoms with Gasteiger partial charge in [0.05, 0.1) is 6.10 Å². The Morgan fingerprint density at radius 2 is 2.19 bits per heavy atom. The Hall–Kier alpha value is -1.88. The van der Waals surface area contributed by atoms with E-state index in [-0.39, 0.29) is 6.10 Å². The van der Waals surface area contributed by atoms with E-state index in [0.717, 1.165) is 49.3 Å². The summed E-state index contributed by atoms with van der Waals surface area (Å²) in [5, 5.41) is 14.0. The van der Waals surface area contributed by atoms with E-state index in [1.54, 1.807) is 0 Å². The summed E-state index contributed by atoms with van der Waals surface area (Å²) < 4.78 is 10.9. The number of hydrogen-bond donors (Lipinski definition) is 1. The maximum absolute atomic E-state index is 10.0. The van der Waals surface area contributed by atoms with Gasteiger partial charge >= 0.3 is 0 Å². The number of aryl methyl sites for hydroxylation is 1. The summed E-state index contributed by atoms with van der Waals surface area (Å²) in [5.74, 6) is 2.52. The van der Waals surface area contributed by atoms with Crippen LogP contribution in [0.3, 0.4) is 0 Å². The first-order valence-corrected chi connectivity index (χ1v) is 7.56. The van der Waals surface area contributed by atoms with Crippen molar-refractivity contribution < 1.29 is 14.4 Å². The molecule has 1 atom stereocenters. The van der Waals surface area contributed by atoms with E-state index in [9.17, 15) is 5.11 Å². The van der Waals surface area contributed by atoms with Gasteiger partial charge in [-0.25, -0.2) is 0 Å². The Labute approximate surface area is 122 Å². The first-order valence-electron chi connectivity index (χ1n) is 7.56. The molecule has 2 aromatic rings. The Balaban J connectivity index is 1.45. The van der Waals surface area contributed by atoms with Crippen LogP contribution in [0.2, 0.25) is 0 Å². The van der Waals surface area contributed by atoms with Gasteiger partial charge in [0.2, 0.25) is 11.7 Å². The number of aliphatic hydroxyl groups is 1. The molecule has 0 radical (unpaired) electrons. The molecule has 21 heavy (non-hydrogen) atoms. The third-order valence-electron chi connectivity index (χ3n) is 4.18. The average Bonchev–Trinajstić information content (AvgIpc) is 3.25. The summed E-state index contributed by atoms with van der Waals surface area (Å²) in [6.07, 6.45) is 4.82. The van der Waals surface area contributed by atoms with Gasteiger partial charge in [-0.1, -0.05) is 11.2 Å². The van der Waals surface area contributed by atoms with E-state index in [0.29, 0.717) is 18.3 Å². The lowest BCUT2D eigenvalue weighted by Gasteiger charge is -2.21. The van der Waals surface area contributed by atoms with Crippen molar-refractivity contribution in [2.24, 2.45) is 0 Å². The molecule has 2 aliphatic carbocycles. The van der Waals surface area contributed by atoms with Crippen molar-refractivity contribution in [3.05, 3.63) is 41.0 Å². The Kier molecular flexibility index (Phi) is 3.15. The highest BCUT2D eigenvalue weighted by Gasteiger charge is 2.29. The Morgan fingerprint density at radius 3 is 3.05 bits per heavy atom. The monoisotopic (exact) mass is 286 g/mol. The van der Waals surface area contributed by atoms with Crippen LogP contribution in [0.5, 0.6) is 5.75 Å². The summed E-state index contributed by atoms with van der Waals surface area (Å²) >= 11 is 0. The van der Waals surface area contributed by atoms with Gasteiger partial charge in [-0.15, -0.1) is 0 Å². The minimum absolute atomic E-state index is 0.297. The van der Waals surface area contributed by atoms with Crippen molar-refractivity contribution in [2.75, 3.05) is 0 Å². The molecule has 4 rings (SSSR count). The summed E-state index contributed by atoms with van der Waals surface area (Å²) in [4.78, 5) is 4.34. The lowest BCUT2D eigenvalue weighted by atomic mass is 9.89. The van der Waals surface area contributed by atoms with Gasteiger partial charge in [0.15, 0.2) is 6.61 Å². The Bertz CT molecular complexity index is 649. The summed E-state index contributed by atoms with van der Waals surface area (Å²) in [7, 11) is 0. The molecule has 0 bridgehead atoms. The van der Waals surface area contributed by atoms with Gasteiger partial charge in [0.25, 0.3) is 0 Å². The fourth-order valence-electron chi connectivity index (χ4n) is 2.81. The fraction of sp³-hybridized carbons (Fsp3) is 0.500. The third-order valence-corrected chi connectivity index (χ3v) is 4.18. The van der Waals surface area contributed by atoms with E-state index in [1.165, 1.54) is 5.56 Å². The van der Waals surface area contributed by atoms with Crippen molar-refractivity contribution in [3.63, 3.8) is 0 Å². The standard InChI is InChI=1S/C16H18N2O3/c19-14-3-1-2-10-6-7-12(8-13(10)14)20-9-15-17-16(21-18-15)11-4-5-11/h6-8,11,14,19H,1-5,9H2/t14-/m0/s1. The summed E-state index contributed by atoms with van der Waals surface area (Å²) in [6.45, 7) is 0.297. The second-order valence-electron chi connectivity index (χ2n) is 5.88.